The summed E-state index contributed by atoms with van der Waals surface area (Å²) in [5, 5.41) is 9.84. The van der Waals surface area contributed by atoms with Gasteiger partial charge in [-0.3, -0.25) is 4.31 Å². The Morgan fingerprint density at radius 3 is 2.52 bits per heavy atom. The molecule has 1 atom stereocenters. The number of hydrogen-bond donors (Lipinski definition) is 1. The summed E-state index contributed by atoms with van der Waals surface area (Å²) in [4.78, 5) is -0.0222. The lowest BCUT2D eigenvalue weighted by atomic mass is 9.88. The third-order valence-electron chi connectivity index (χ3n) is 5.39. The lowest BCUT2D eigenvalue weighted by Gasteiger charge is -2.37. The largest absolute Gasteiger partial charge is 0.493 e. The average Bonchev–Trinajstić information content (AvgIpc) is 2.77. The third-order valence-corrected chi connectivity index (χ3v) is 7.40. The molecular formula is C22H21N3O5S. The van der Waals surface area contributed by atoms with Gasteiger partial charge in [0.15, 0.2) is 17.3 Å². The average molecular weight is 439 g/mol. The number of sulfonamides is 1. The molecule has 0 fully saturated rings. The standard InChI is InChI=1S/C22H21N3O5S/c1-4-25-16-8-6-5-7-14(16)20-21(31(25,26)27)19(15(12-23)22(24)30-20)13-9-10-17(28-2)18(11-13)29-3/h5-11,19H,4,24H2,1-3H3/t19-/m0/s1. The minimum atomic E-state index is -4.01. The van der Waals surface area contributed by atoms with Gasteiger partial charge in [-0.05, 0) is 36.8 Å². The molecule has 2 N–H and O–H groups in total. The fourth-order valence-corrected chi connectivity index (χ4v) is 5.95. The van der Waals surface area contributed by atoms with Crippen molar-refractivity contribution >= 4 is 21.5 Å². The minimum Gasteiger partial charge on any atom is -0.493 e. The van der Waals surface area contributed by atoms with Crippen LogP contribution in [0.15, 0.2) is 58.8 Å². The second-order valence-electron chi connectivity index (χ2n) is 6.92. The first-order valence-corrected chi connectivity index (χ1v) is 11.0. The molecule has 0 unspecified atom stereocenters. The summed E-state index contributed by atoms with van der Waals surface area (Å²) in [5.41, 5.74) is 7.74. The maximum absolute atomic E-state index is 13.7. The molecule has 0 spiro atoms. The van der Waals surface area contributed by atoms with Crippen molar-refractivity contribution in [3.63, 3.8) is 0 Å². The first kappa shape index (κ1) is 20.6. The van der Waals surface area contributed by atoms with Gasteiger partial charge in [-0.1, -0.05) is 18.2 Å². The van der Waals surface area contributed by atoms with Crippen LogP contribution in [0, 0.1) is 11.3 Å². The number of para-hydroxylation sites is 1. The summed E-state index contributed by atoms with van der Waals surface area (Å²) in [6.07, 6.45) is 0. The van der Waals surface area contributed by atoms with E-state index in [0.717, 1.165) is 0 Å². The molecule has 0 aliphatic carbocycles. The second kappa shape index (κ2) is 7.56. The molecular weight excluding hydrogens is 418 g/mol. The number of allylic oxidation sites excluding steroid dienone is 2. The quantitative estimate of drug-likeness (QED) is 0.778. The van der Waals surface area contributed by atoms with Crippen molar-refractivity contribution in [1.82, 2.24) is 0 Å². The third kappa shape index (κ3) is 2.99. The van der Waals surface area contributed by atoms with Crippen LogP contribution in [0.4, 0.5) is 5.69 Å². The molecule has 2 aliphatic heterocycles. The van der Waals surface area contributed by atoms with E-state index in [1.165, 1.54) is 18.5 Å². The van der Waals surface area contributed by atoms with Gasteiger partial charge >= 0.3 is 0 Å². The van der Waals surface area contributed by atoms with Gasteiger partial charge < -0.3 is 19.9 Å². The number of rotatable bonds is 4. The molecule has 9 heteroatoms. The van der Waals surface area contributed by atoms with Crippen molar-refractivity contribution in [2.24, 2.45) is 5.73 Å². The van der Waals surface area contributed by atoms with Crippen molar-refractivity contribution in [1.29, 1.82) is 5.26 Å². The van der Waals surface area contributed by atoms with Crippen LogP contribution in [0.25, 0.3) is 5.76 Å². The zero-order valence-electron chi connectivity index (χ0n) is 17.2. The Morgan fingerprint density at radius 2 is 1.87 bits per heavy atom. The van der Waals surface area contributed by atoms with Crippen molar-refractivity contribution < 1.29 is 22.6 Å². The molecule has 2 heterocycles. The van der Waals surface area contributed by atoms with Crippen LogP contribution in [-0.2, 0) is 14.8 Å². The van der Waals surface area contributed by atoms with Gasteiger partial charge in [-0.25, -0.2) is 8.42 Å². The maximum atomic E-state index is 13.7. The fourth-order valence-electron chi connectivity index (χ4n) is 4.02. The molecule has 0 saturated heterocycles. The Kier molecular flexibility index (Phi) is 5.03. The van der Waals surface area contributed by atoms with E-state index < -0.39 is 15.9 Å². The minimum absolute atomic E-state index is 0.0185. The Hall–Kier alpha value is -3.64. The molecule has 0 radical (unpaired) electrons. The monoisotopic (exact) mass is 439 g/mol. The van der Waals surface area contributed by atoms with Gasteiger partial charge in [0.2, 0.25) is 5.88 Å². The van der Waals surface area contributed by atoms with E-state index in [2.05, 4.69) is 0 Å². The van der Waals surface area contributed by atoms with E-state index in [9.17, 15) is 13.7 Å². The number of anilines is 1. The molecule has 2 aliphatic rings. The Labute approximate surface area is 180 Å². The molecule has 4 rings (SSSR count). The van der Waals surface area contributed by atoms with Crippen LogP contribution in [0.1, 0.15) is 24.0 Å². The highest BCUT2D eigenvalue weighted by atomic mass is 32.2. The van der Waals surface area contributed by atoms with Crippen LogP contribution in [-0.4, -0.2) is 29.2 Å². The summed E-state index contributed by atoms with van der Waals surface area (Å²) in [6, 6.07) is 14.1. The van der Waals surface area contributed by atoms with E-state index in [1.54, 1.807) is 49.4 Å². The van der Waals surface area contributed by atoms with E-state index in [1.807, 2.05) is 6.07 Å². The van der Waals surface area contributed by atoms with Crippen molar-refractivity contribution in [3.05, 3.63) is 70.0 Å². The highest BCUT2D eigenvalue weighted by Crippen LogP contribution is 2.51. The Morgan fingerprint density at radius 1 is 1.16 bits per heavy atom. The van der Waals surface area contributed by atoms with E-state index >= 15 is 0 Å². The van der Waals surface area contributed by atoms with E-state index in [-0.39, 0.29) is 28.7 Å². The summed E-state index contributed by atoms with van der Waals surface area (Å²) in [6.45, 7) is 1.97. The second-order valence-corrected chi connectivity index (χ2v) is 8.75. The summed E-state index contributed by atoms with van der Waals surface area (Å²) in [5.74, 6) is -0.0611. The van der Waals surface area contributed by atoms with Gasteiger partial charge in [0, 0.05) is 12.1 Å². The number of hydrogen-bond acceptors (Lipinski definition) is 7. The first-order chi connectivity index (χ1) is 14.9. The number of fused-ring (bicyclic) bond motifs is 2. The number of nitriles is 1. The predicted octanol–water partition coefficient (Wildman–Crippen LogP) is 3.05. The normalized spacial score (nSPS) is 19.2. The molecule has 0 saturated carbocycles. The fraction of sp³-hybridized carbons (Fsp3) is 0.227. The van der Waals surface area contributed by atoms with Crippen molar-refractivity contribution in [2.75, 3.05) is 25.1 Å². The SMILES string of the molecule is CCN1c2ccccc2C2=C([C@@H](c3ccc(OC)c(OC)c3)C(C#N)=C(N)O2)S1(=O)=O. The molecule has 2 aromatic carbocycles. The predicted molar refractivity (Wildman–Crippen MR) is 116 cm³/mol. The number of nitrogens with two attached hydrogens (primary N) is 1. The molecule has 0 aromatic heterocycles. The van der Waals surface area contributed by atoms with Gasteiger partial charge in [-0.15, -0.1) is 0 Å². The van der Waals surface area contributed by atoms with Crippen molar-refractivity contribution in [2.45, 2.75) is 12.8 Å². The van der Waals surface area contributed by atoms with Gasteiger partial charge in [0.25, 0.3) is 10.0 Å². The highest BCUT2D eigenvalue weighted by molar-refractivity contribution is 7.97. The molecule has 0 amide bonds. The molecule has 2 aromatic rings. The summed E-state index contributed by atoms with van der Waals surface area (Å²) >= 11 is 0. The molecule has 0 bridgehead atoms. The Balaban J connectivity index is 2.05. The van der Waals surface area contributed by atoms with Gasteiger partial charge in [-0.2, -0.15) is 5.26 Å². The topological polar surface area (TPSA) is 115 Å². The summed E-state index contributed by atoms with van der Waals surface area (Å²) in [7, 11) is -1.02. The van der Waals surface area contributed by atoms with Gasteiger partial charge in [0.1, 0.15) is 16.5 Å². The molecule has 8 nitrogen and oxygen atoms in total. The van der Waals surface area contributed by atoms with E-state index in [4.69, 9.17) is 19.9 Å². The van der Waals surface area contributed by atoms with Crippen LogP contribution in [0.2, 0.25) is 0 Å². The van der Waals surface area contributed by atoms with Crippen LogP contribution < -0.4 is 19.5 Å². The van der Waals surface area contributed by atoms with Crippen molar-refractivity contribution in [3.8, 4) is 17.6 Å². The Bertz CT molecular complexity index is 1270. The molecule has 31 heavy (non-hydrogen) atoms. The zero-order valence-corrected chi connectivity index (χ0v) is 18.1. The van der Waals surface area contributed by atoms with E-state index in [0.29, 0.717) is 28.3 Å². The van der Waals surface area contributed by atoms with Crippen LogP contribution in [0.5, 0.6) is 11.5 Å². The summed E-state index contributed by atoms with van der Waals surface area (Å²) < 4.78 is 45.2. The molecule has 160 valence electrons. The number of ether oxygens (including phenoxy) is 3. The highest BCUT2D eigenvalue weighted by Gasteiger charge is 2.46. The smallest absolute Gasteiger partial charge is 0.265 e. The number of methoxy groups -OCH3 is 2. The van der Waals surface area contributed by atoms with Crippen LogP contribution >= 0.6 is 0 Å². The number of nitrogens with zero attached hydrogens (tertiary/aromatic N) is 2. The first-order valence-electron chi connectivity index (χ1n) is 9.54. The number of benzene rings is 2. The lowest BCUT2D eigenvalue weighted by Crippen LogP contribution is -2.39. The zero-order chi connectivity index (χ0) is 22.3. The van der Waals surface area contributed by atoms with Gasteiger partial charge in [0.05, 0.1) is 25.8 Å². The maximum Gasteiger partial charge on any atom is 0.265 e. The lowest BCUT2D eigenvalue weighted by molar-refractivity contribution is 0.352. The van der Waals surface area contributed by atoms with Crippen LogP contribution in [0.3, 0.4) is 0 Å².